The average molecular weight is 150 g/mol. The van der Waals surface area contributed by atoms with Gasteiger partial charge in [-0.05, 0) is 0 Å². The van der Waals surface area contributed by atoms with Gasteiger partial charge in [0.05, 0.1) is 0 Å². The molecule has 0 amide bonds. The smallest absolute Gasteiger partial charge is 1.00 e. The van der Waals surface area contributed by atoms with Crippen LogP contribution in [0.5, 0.6) is 0 Å². The molecule has 0 saturated heterocycles. The summed E-state index contributed by atoms with van der Waals surface area (Å²) in [4.78, 5) is 0. The second-order valence-corrected chi connectivity index (χ2v) is 0.141. The molecule has 0 unspecified atom stereocenters. The minimum atomic E-state index is -0.750. The Labute approximate surface area is 111 Å². The molecule has 0 atom stereocenters. The van der Waals surface area contributed by atoms with E-state index in [1.54, 1.807) is 0 Å². The molecule has 2 nitrogen and oxygen atoms in total. The summed E-state index contributed by atoms with van der Waals surface area (Å²) in [6, 6.07) is 0. The zero-order valence-electron chi connectivity index (χ0n) is 7.11. The predicted molar refractivity (Wildman–Crippen MR) is 11.6 cm³/mol. The summed E-state index contributed by atoms with van der Waals surface area (Å²) >= 11 is 0. The first-order chi connectivity index (χ1) is 1.41. The van der Waals surface area contributed by atoms with E-state index >= 15 is 0 Å². The van der Waals surface area contributed by atoms with Gasteiger partial charge < -0.3 is 28.9 Å². The Hall–Kier alpha value is 2.09. The van der Waals surface area contributed by atoms with Crippen molar-refractivity contribution in [2.45, 2.75) is 0 Å². The molecule has 11 heteroatoms. The van der Waals surface area contributed by atoms with Gasteiger partial charge in [0.1, 0.15) is 0 Å². The zero-order chi connectivity index (χ0) is 2.71. The molecule has 0 bridgehead atoms. The Bertz CT molecular complexity index is 20.1. The molecular weight excluding hydrogens is 147 g/mol. The fourth-order valence-corrected chi connectivity index (χ4v) is 0. The topological polar surface area (TPSA) is 40.5 Å². The fraction of sp³-hybridized carbons (Fsp3) is 0. The van der Waals surface area contributed by atoms with E-state index in [4.69, 9.17) is 10.0 Å². The maximum atomic E-state index is 7.12. The van der Waals surface area contributed by atoms with Crippen LogP contribution in [0.25, 0.3) is 0 Å². The van der Waals surface area contributed by atoms with Crippen LogP contribution < -0.4 is 94.3 Å². The van der Waals surface area contributed by atoms with E-state index in [-0.39, 0.29) is 94.3 Å². The molecular formula is H3BF4Li4O2. The van der Waals surface area contributed by atoms with Crippen molar-refractivity contribution in [2.24, 2.45) is 0 Å². The van der Waals surface area contributed by atoms with Gasteiger partial charge in [0, 0.05) is 0 Å². The molecule has 0 radical (unpaired) electrons. The van der Waals surface area contributed by atoms with Crippen molar-refractivity contribution in [3.05, 3.63) is 0 Å². The van der Waals surface area contributed by atoms with Gasteiger partial charge in [0.25, 0.3) is 0 Å². The number of halogens is 4. The maximum Gasteiger partial charge on any atom is 1.00 e. The van der Waals surface area contributed by atoms with Crippen molar-refractivity contribution in [3.8, 4) is 0 Å². The summed E-state index contributed by atoms with van der Waals surface area (Å²) in [7, 11) is -0.750. The first kappa shape index (κ1) is 114. The number of rotatable bonds is 0. The molecule has 0 heterocycles. The molecule has 0 spiro atoms. The van der Waals surface area contributed by atoms with E-state index in [0.717, 1.165) is 0 Å². The third-order valence-electron chi connectivity index (χ3n) is 0. The standard InChI is InChI=1S/BH3O2.4FH.4Li/c2-1-3;;;;;;;;/h1-3H;4*1H;;;;/q;;;;;4*+1/p-4. The Balaban J connectivity index is -0.000000000714. The first-order valence-electron chi connectivity index (χ1n) is 0.632. The quantitative estimate of drug-likeness (QED) is 0.265. The average Bonchev–Trinajstić information content (AvgIpc) is 0.918. The van der Waals surface area contributed by atoms with Gasteiger partial charge in [-0.2, -0.15) is 0 Å². The van der Waals surface area contributed by atoms with Crippen LogP contribution in [0.3, 0.4) is 0 Å². The molecule has 0 aliphatic heterocycles. The van der Waals surface area contributed by atoms with Crippen LogP contribution in [0, 0.1) is 0 Å². The van der Waals surface area contributed by atoms with Crippen molar-refractivity contribution in [1.29, 1.82) is 0 Å². The number of hydrogen-bond acceptors (Lipinski definition) is 2. The van der Waals surface area contributed by atoms with Crippen LogP contribution >= 0.6 is 0 Å². The van der Waals surface area contributed by atoms with E-state index < -0.39 is 7.69 Å². The third-order valence-corrected chi connectivity index (χ3v) is 0. The predicted octanol–water partition coefficient (Wildman–Crippen LogP) is -25.7. The summed E-state index contributed by atoms with van der Waals surface area (Å²) in [5.74, 6) is 0. The summed E-state index contributed by atoms with van der Waals surface area (Å²) in [5, 5.41) is 14.2. The van der Waals surface area contributed by atoms with Gasteiger partial charge in [-0.1, -0.05) is 0 Å². The van der Waals surface area contributed by atoms with Crippen molar-refractivity contribution in [3.63, 3.8) is 0 Å². The van der Waals surface area contributed by atoms with Crippen LogP contribution in [0.2, 0.25) is 0 Å². The van der Waals surface area contributed by atoms with E-state index in [1.165, 1.54) is 0 Å². The van der Waals surface area contributed by atoms with Gasteiger partial charge in [0.15, 0.2) is 0 Å². The van der Waals surface area contributed by atoms with E-state index in [9.17, 15) is 0 Å². The minimum absolute atomic E-state index is 0. The van der Waals surface area contributed by atoms with E-state index in [2.05, 4.69) is 0 Å². The van der Waals surface area contributed by atoms with Crippen LogP contribution in [-0.4, -0.2) is 17.7 Å². The monoisotopic (exact) mass is 150 g/mol. The summed E-state index contributed by atoms with van der Waals surface area (Å²) in [6.45, 7) is 0. The Kier molecular flexibility index (Phi) is 1610. The van der Waals surface area contributed by atoms with Crippen LogP contribution in [-0.2, 0) is 0 Å². The second kappa shape index (κ2) is 155. The molecule has 0 saturated carbocycles. The maximum absolute atomic E-state index is 7.12. The van der Waals surface area contributed by atoms with Gasteiger partial charge >= 0.3 is 83.1 Å². The molecule has 0 rings (SSSR count). The third kappa shape index (κ3) is 281. The normalized spacial score (nSPS) is 1.27. The summed E-state index contributed by atoms with van der Waals surface area (Å²) in [5.41, 5.74) is 0. The fourth-order valence-electron chi connectivity index (χ4n) is 0. The minimum Gasteiger partial charge on any atom is -1.00 e. The molecule has 2 N–H and O–H groups in total. The van der Waals surface area contributed by atoms with Crippen LogP contribution in [0.4, 0.5) is 0 Å². The first-order valence-corrected chi connectivity index (χ1v) is 0.632. The summed E-state index contributed by atoms with van der Waals surface area (Å²) < 4.78 is 0. The van der Waals surface area contributed by atoms with Crippen LogP contribution in [0.15, 0.2) is 0 Å². The van der Waals surface area contributed by atoms with Crippen LogP contribution in [0.1, 0.15) is 0 Å². The summed E-state index contributed by atoms with van der Waals surface area (Å²) in [6.07, 6.45) is 0. The largest absolute Gasteiger partial charge is 1.00 e. The molecule has 11 heavy (non-hydrogen) atoms. The van der Waals surface area contributed by atoms with Crippen molar-refractivity contribution in [1.82, 2.24) is 0 Å². The van der Waals surface area contributed by atoms with E-state index in [0.29, 0.717) is 0 Å². The molecule has 50 valence electrons. The SMILES string of the molecule is OBO.[F-].[F-].[F-].[F-].[Li+].[Li+].[Li+].[Li+]. The Morgan fingerprint density at radius 3 is 0.545 bits per heavy atom. The molecule has 0 aromatic rings. The zero-order valence-corrected chi connectivity index (χ0v) is 7.11. The van der Waals surface area contributed by atoms with Gasteiger partial charge in [0.2, 0.25) is 0 Å². The van der Waals surface area contributed by atoms with Gasteiger partial charge in [-0.15, -0.1) is 0 Å². The second-order valence-electron chi connectivity index (χ2n) is 0.141. The molecule has 0 fully saturated rings. The van der Waals surface area contributed by atoms with Gasteiger partial charge in [-0.25, -0.2) is 0 Å². The Morgan fingerprint density at radius 1 is 0.545 bits per heavy atom. The number of hydrogen-bond donors (Lipinski definition) is 2. The molecule has 0 aromatic heterocycles. The van der Waals surface area contributed by atoms with Gasteiger partial charge in [-0.3, -0.25) is 0 Å². The Morgan fingerprint density at radius 2 is 0.545 bits per heavy atom. The van der Waals surface area contributed by atoms with Crippen molar-refractivity contribution in [2.75, 3.05) is 0 Å². The van der Waals surface area contributed by atoms with Crippen molar-refractivity contribution >= 4 is 7.69 Å². The van der Waals surface area contributed by atoms with Crippen molar-refractivity contribution < 1.29 is 104 Å². The molecule has 0 aliphatic rings. The molecule has 0 aliphatic carbocycles. The molecule has 0 aromatic carbocycles. The van der Waals surface area contributed by atoms with E-state index in [1.807, 2.05) is 0 Å².